The molecule has 2 heterocycles. The predicted molar refractivity (Wildman–Crippen MR) is 88.0 cm³/mol. The van der Waals surface area contributed by atoms with Gasteiger partial charge in [0.2, 0.25) is 10.0 Å². The largest absolute Gasteiger partial charge is 0.256 e. The molecule has 0 bridgehead atoms. The molecule has 112 valence electrons. The first-order valence-corrected chi connectivity index (χ1v) is 9.10. The second-order valence-electron chi connectivity index (χ2n) is 4.66. The molecule has 0 atom stereocenters. The summed E-state index contributed by atoms with van der Waals surface area (Å²) in [5, 5.41) is 3.97. The third kappa shape index (κ3) is 3.24. The van der Waals surface area contributed by atoms with E-state index >= 15 is 0 Å². The van der Waals surface area contributed by atoms with Crippen LogP contribution in [0.2, 0.25) is 0 Å². The van der Waals surface area contributed by atoms with Crippen molar-refractivity contribution in [2.45, 2.75) is 11.4 Å². The lowest BCUT2D eigenvalue weighted by Gasteiger charge is -2.09. The van der Waals surface area contributed by atoms with E-state index in [2.05, 4.69) is 9.71 Å². The van der Waals surface area contributed by atoms with Gasteiger partial charge in [-0.3, -0.25) is 4.98 Å². The molecule has 0 saturated carbocycles. The van der Waals surface area contributed by atoms with Gasteiger partial charge in [-0.15, -0.1) is 0 Å². The lowest BCUT2D eigenvalue weighted by molar-refractivity contribution is 0.581. The number of benzene rings is 1. The second-order valence-corrected chi connectivity index (χ2v) is 7.21. The Hall–Kier alpha value is -2.02. The van der Waals surface area contributed by atoms with Crippen LogP contribution >= 0.6 is 11.3 Å². The molecule has 0 radical (unpaired) electrons. The fourth-order valence-corrected chi connectivity index (χ4v) is 3.76. The Balaban J connectivity index is 1.83. The van der Waals surface area contributed by atoms with Gasteiger partial charge in [-0.2, -0.15) is 11.3 Å². The summed E-state index contributed by atoms with van der Waals surface area (Å²) in [7, 11) is -3.52. The lowest BCUT2D eigenvalue weighted by atomic mass is 10.1. The van der Waals surface area contributed by atoms with Gasteiger partial charge in [0.05, 0.1) is 10.6 Å². The van der Waals surface area contributed by atoms with Crippen LogP contribution < -0.4 is 4.72 Å². The molecule has 0 saturated heterocycles. The van der Waals surface area contributed by atoms with Gasteiger partial charge in [-0.05, 0) is 35.2 Å². The standard InChI is InChI=1S/C16H14N2O2S2/c19-22(20,15-6-2-1-3-7-15)18-11-13-5-4-9-17-16(13)14-8-10-21-12-14/h1-10,12,18H,11H2. The minimum Gasteiger partial charge on any atom is -0.256 e. The van der Waals surface area contributed by atoms with Gasteiger partial charge in [-0.1, -0.05) is 24.3 Å². The molecule has 0 aliphatic rings. The lowest BCUT2D eigenvalue weighted by Crippen LogP contribution is -2.23. The Morgan fingerprint density at radius 3 is 2.59 bits per heavy atom. The molecule has 22 heavy (non-hydrogen) atoms. The van der Waals surface area contributed by atoms with E-state index < -0.39 is 10.0 Å². The fraction of sp³-hybridized carbons (Fsp3) is 0.0625. The summed E-state index contributed by atoms with van der Waals surface area (Å²) < 4.78 is 27.2. The minimum absolute atomic E-state index is 0.205. The molecule has 0 unspecified atom stereocenters. The first-order chi connectivity index (χ1) is 10.7. The zero-order chi connectivity index (χ0) is 15.4. The summed E-state index contributed by atoms with van der Waals surface area (Å²) in [5.41, 5.74) is 2.65. The number of nitrogens with zero attached hydrogens (tertiary/aromatic N) is 1. The van der Waals surface area contributed by atoms with Crippen LogP contribution in [0.25, 0.3) is 11.3 Å². The van der Waals surface area contributed by atoms with Crippen molar-refractivity contribution in [2.24, 2.45) is 0 Å². The topological polar surface area (TPSA) is 59.1 Å². The van der Waals surface area contributed by atoms with E-state index in [1.807, 2.05) is 29.0 Å². The van der Waals surface area contributed by atoms with Crippen LogP contribution in [0.4, 0.5) is 0 Å². The summed E-state index contributed by atoms with van der Waals surface area (Å²) in [6, 6.07) is 14.0. The number of sulfonamides is 1. The normalized spacial score (nSPS) is 11.5. The van der Waals surface area contributed by atoms with E-state index in [1.165, 1.54) is 0 Å². The Morgan fingerprint density at radius 1 is 1.05 bits per heavy atom. The molecular weight excluding hydrogens is 316 g/mol. The van der Waals surface area contributed by atoms with Crippen LogP contribution in [0.1, 0.15) is 5.56 Å². The first kappa shape index (κ1) is 14.9. The predicted octanol–water partition coefficient (Wildman–Crippen LogP) is 3.29. The summed E-state index contributed by atoms with van der Waals surface area (Å²) >= 11 is 1.58. The monoisotopic (exact) mass is 330 g/mol. The molecule has 1 aromatic carbocycles. The molecule has 3 aromatic rings. The molecule has 1 N–H and O–H groups in total. The highest BCUT2D eigenvalue weighted by molar-refractivity contribution is 7.89. The Kier molecular flexibility index (Phi) is 4.33. The van der Waals surface area contributed by atoms with E-state index in [9.17, 15) is 8.42 Å². The van der Waals surface area contributed by atoms with E-state index in [-0.39, 0.29) is 11.4 Å². The van der Waals surface area contributed by atoms with E-state index in [1.54, 1.807) is 47.9 Å². The third-order valence-electron chi connectivity index (χ3n) is 3.19. The van der Waals surface area contributed by atoms with Crippen LogP contribution in [0.5, 0.6) is 0 Å². The number of aromatic nitrogens is 1. The maximum Gasteiger partial charge on any atom is 0.240 e. The first-order valence-electron chi connectivity index (χ1n) is 6.68. The highest BCUT2D eigenvalue weighted by Crippen LogP contribution is 2.23. The molecule has 0 aliphatic heterocycles. The van der Waals surface area contributed by atoms with Gasteiger partial charge < -0.3 is 0 Å². The Labute approximate surface area is 133 Å². The molecular formula is C16H14N2O2S2. The van der Waals surface area contributed by atoms with Gasteiger partial charge >= 0.3 is 0 Å². The van der Waals surface area contributed by atoms with Gasteiger partial charge in [0.1, 0.15) is 0 Å². The highest BCUT2D eigenvalue weighted by atomic mass is 32.2. The maximum absolute atomic E-state index is 12.3. The molecule has 2 aromatic heterocycles. The second kappa shape index (κ2) is 6.39. The molecule has 0 aliphatic carbocycles. The zero-order valence-corrected chi connectivity index (χ0v) is 13.3. The Bertz CT molecular complexity index is 845. The van der Waals surface area contributed by atoms with Crippen molar-refractivity contribution in [1.29, 1.82) is 0 Å². The summed E-state index contributed by atoms with van der Waals surface area (Å²) in [5.74, 6) is 0. The summed E-state index contributed by atoms with van der Waals surface area (Å²) in [6.07, 6.45) is 1.71. The maximum atomic E-state index is 12.3. The number of thiophene rings is 1. The van der Waals surface area contributed by atoms with Crippen molar-refractivity contribution in [3.8, 4) is 11.3 Å². The van der Waals surface area contributed by atoms with Crippen LogP contribution in [0, 0.1) is 0 Å². The molecule has 0 fully saturated rings. The number of rotatable bonds is 5. The molecule has 0 spiro atoms. The smallest absolute Gasteiger partial charge is 0.240 e. The minimum atomic E-state index is -3.52. The van der Waals surface area contributed by atoms with Crippen molar-refractivity contribution in [3.63, 3.8) is 0 Å². The number of pyridine rings is 1. The summed E-state index contributed by atoms with van der Waals surface area (Å²) in [4.78, 5) is 4.63. The molecule has 4 nitrogen and oxygen atoms in total. The van der Waals surface area contributed by atoms with Crippen molar-refractivity contribution in [3.05, 3.63) is 71.1 Å². The van der Waals surface area contributed by atoms with Crippen molar-refractivity contribution in [2.75, 3.05) is 0 Å². The highest BCUT2D eigenvalue weighted by Gasteiger charge is 2.14. The van der Waals surface area contributed by atoms with Crippen LogP contribution in [0.15, 0.2) is 70.4 Å². The van der Waals surface area contributed by atoms with E-state index in [4.69, 9.17) is 0 Å². The SMILES string of the molecule is O=S(=O)(NCc1cccnc1-c1ccsc1)c1ccccc1. The number of hydrogen-bond acceptors (Lipinski definition) is 4. The van der Waals surface area contributed by atoms with Crippen molar-refractivity contribution < 1.29 is 8.42 Å². The average Bonchev–Trinajstić information content (AvgIpc) is 3.08. The molecule has 6 heteroatoms. The van der Waals surface area contributed by atoms with Crippen LogP contribution in [-0.4, -0.2) is 13.4 Å². The molecule has 0 amide bonds. The van der Waals surface area contributed by atoms with Crippen molar-refractivity contribution >= 4 is 21.4 Å². The van der Waals surface area contributed by atoms with Gasteiger partial charge in [-0.25, -0.2) is 13.1 Å². The summed E-state index contributed by atoms with van der Waals surface area (Å²) in [6.45, 7) is 0.205. The molecule has 3 rings (SSSR count). The zero-order valence-electron chi connectivity index (χ0n) is 11.6. The fourth-order valence-electron chi connectivity index (χ4n) is 2.10. The van der Waals surface area contributed by atoms with Gasteiger partial charge in [0.15, 0.2) is 0 Å². The van der Waals surface area contributed by atoms with E-state index in [0.29, 0.717) is 0 Å². The van der Waals surface area contributed by atoms with Crippen LogP contribution in [0.3, 0.4) is 0 Å². The Morgan fingerprint density at radius 2 is 1.86 bits per heavy atom. The third-order valence-corrected chi connectivity index (χ3v) is 5.29. The van der Waals surface area contributed by atoms with Crippen molar-refractivity contribution in [1.82, 2.24) is 9.71 Å². The number of hydrogen-bond donors (Lipinski definition) is 1. The number of nitrogens with one attached hydrogen (secondary N) is 1. The van der Waals surface area contributed by atoms with Crippen LogP contribution in [-0.2, 0) is 16.6 Å². The van der Waals surface area contributed by atoms with E-state index in [0.717, 1.165) is 16.8 Å². The average molecular weight is 330 g/mol. The van der Waals surface area contributed by atoms with Gasteiger partial charge in [0.25, 0.3) is 0 Å². The quantitative estimate of drug-likeness (QED) is 0.781. The van der Waals surface area contributed by atoms with Gasteiger partial charge in [0, 0.05) is 23.7 Å².